The first-order chi connectivity index (χ1) is 12.2. The zero-order chi connectivity index (χ0) is 17.2. The van der Waals surface area contributed by atoms with Gasteiger partial charge in [0.1, 0.15) is 17.4 Å². The van der Waals surface area contributed by atoms with Crippen molar-refractivity contribution in [3.05, 3.63) is 40.7 Å². The van der Waals surface area contributed by atoms with Gasteiger partial charge < -0.3 is 4.74 Å². The van der Waals surface area contributed by atoms with Crippen molar-refractivity contribution in [3.63, 3.8) is 0 Å². The van der Waals surface area contributed by atoms with Crippen molar-refractivity contribution in [3.8, 4) is 5.75 Å². The molecule has 1 amide bonds. The smallest absolute Gasteiger partial charge is 0.257 e. The average Bonchev–Trinajstić information content (AvgIpc) is 3.24. The van der Waals surface area contributed by atoms with Crippen molar-refractivity contribution >= 4 is 22.4 Å². The number of aryl methyl sites for hydroxylation is 1. The number of anilines is 1. The van der Waals surface area contributed by atoms with Gasteiger partial charge in [-0.1, -0.05) is 11.3 Å². The molecule has 0 radical (unpaired) electrons. The largest absolute Gasteiger partial charge is 0.486 e. The Bertz CT molecular complexity index is 885. The molecule has 0 atom stereocenters. The number of aromatic nitrogens is 6. The topological polar surface area (TPSA) is 108 Å². The fraction of sp³-hybridized carbons (Fsp3) is 0.333. The summed E-state index contributed by atoms with van der Waals surface area (Å²) >= 11 is 1.44. The van der Waals surface area contributed by atoms with Crippen LogP contribution in [0, 0.1) is 0 Å². The second kappa shape index (κ2) is 6.55. The lowest BCUT2D eigenvalue weighted by Gasteiger charge is -2.06. The Kier molecular flexibility index (Phi) is 4.10. The normalized spacial score (nSPS) is 13.6. The summed E-state index contributed by atoms with van der Waals surface area (Å²) in [6.45, 7) is 0.254. The predicted octanol–water partition coefficient (Wildman–Crippen LogP) is 1.77. The molecule has 2 aromatic heterocycles. The van der Waals surface area contributed by atoms with Gasteiger partial charge in [-0.3, -0.25) is 10.1 Å². The van der Waals surface area contributed by atoms with Crippen molar-refractivity contribution in [2.75, 3.05) is 5.32 Å². The minimum absolute atomic E-state index is 0.220. The molecule has 1 aromatic carbocycles. The van der Waals surface area contributed by atoms with E-state index in [9.17, 15) is 4.79 Å². The number of tetrazole rings is 1. The van der Waals surface area contributed by atoms with E-state index in [1.165, 1.54) is 11.3 Å². The number of rotatable bonds is 6. The molecule has 1 saturated carbocycles. The minimum atomic E-state index is -0.220. The van der Waals surface area contributed by atoms with Crippen LogP contribution in [0.2, 0.25) is 0 Å². The fourth-order valence-corrected chi connectivity index (χ4v) is 3.08. The number of ether oxygens (including phenoxy) is 1. The van der Waals surface area contributed by atoms with Crippen molar-refractivity contribution in [1.82, 2.24) is 30.4 Å². The molecule has 0 saturated heterocycles. The van der Waals surface area contributed by atoms with Crippen LogP contribution >= 0.6 is 11.3 Å². The molecule has 9 nitrogen and oxygen atoms in total. The molecule has 2 heterocycles. The molecule has 1 N–H and O–H groups in total. The van der Waals surface area contributed by atoms with E-state index in [2.05, 4.69) is 31.0 Å². The Hall–Kier alpha value is -2.88. The molecule has 1 fully saturated rings. The van der Waals surface area contributed by atoms with Crippen LogP contribution in [0.15, 0.2) is 24.3 Å². The summed E-state index contributed by atoms with van der Waals surface area (Å²) in [6.07, 6.45) is 2.32. The van der Waals surface area contributed by atoms with Gasteiger partial charge in [-0.05, 0) is 47.5 Å². The maximum Gasteiger partial charge on any atom is 0.257 e. The van der Waals surface area contributed by atoms with Crippen LogP contribution in [-0.2, 0) is 13.7 Å². The van der Waals surface area contributed by atoms with E-state index in [0.717, 1.165) is 17.8 Å². The second-order valence-electron chi connectivity index (χ2n) is 5.71. The maximum absolute atomic E-state index is 12.3. The highest BCUT2D eigenvalue weighted by Crippen LogP contribution is 2.42. The molecule has 25 heavy (non-hydrogen) atoms. The Morgan fingerprint density at radius 2 is 2.08 bits per heavy atom. The van der Waals surface area contributed by atoms with Crippen LogP contribution in [0.3, 0.4) is 0 Å². The third-order valence-corrected chi connectivity index (χ3v) is 4.78. The van der Waals surface area contributed by atoms with Gasteiger partial charge in [0.15, 0.2) is 5.82 Å². The summed E-state index contributed by atoms with van der Waals surface area (Å²) in [5.74, 6) is 1.56. The summed E-state index contributed by atoms with van der Waals surface area (Å²) in [6, 6.07) is 6.85. The molecule has 0 aliphatic heterocycles. The highest BCUT2D eigenvalue weighted by atomic mass is 32.1. The fourth-order valence-electron chi connectivity index (χ4n) is 2.17. The van der Waals surface area contributed by atoms with Gasteiger partial charge in [-0.15, -0.1) is 15.3 Å². The summed E-state index contributed by atoms with van der Waals surface area (Å²) < 4.78 is 7.15. The number of hydrogen-bond acceptors (Lipinski definition) is 8. The molecule has 128 valence electrons. The molecule has 1 aliphatic carbocycles. The number of hydrogen-bond donors (Lipinski definition) is 1. The highest BCUT2D eigenvalue weighted by molar-refractivity contribution is 7.15. The van der Waals surface area contributed by atoms with E-state index in [4.69, 9.17) is 4.74 Å². The minimum Gasteiger partial charge on any atom is -0.486 e. The SMILES string of the molecule is Cn1nnnc1COc1ccc(C(=O)Nc2nnc(C3CC3)s2)cc1. The second-order valence-corrected chi connectivity index (χ2v) is 6.71. The van der Waals surface area contributed by atoms with Crippen molar-refractivity contribution < 1.29 is 9.53 Å². The van der Waals surface area contributed by atoms with Gasteiger partial charge in [-0.2, -0.15) is 0 Å². The number of nitrogens with one attached hydrogen (secondary N) is 1. The first-order valence-electron chi connectivity index (χ1n) is 7.78. The lowest BCUT2D eigenvalue weighted by molar-refractivity contribution is 0.102. The summed E-state index contributed by atoms with van der Waals surface area (Å²) in [4.78, 5) is 12.3. The number of carbonyl (C=O) groups excluding carboxylic acids is 1. The lowest BCUT2D eigenvalue weighted by Crippen LogP contribution is -2.11. The quantitative estimate of drug-likeness (QED) is 0.716. The Morgan fingerprint density at radius 1 is 1.28 bits per heavy atom. The zero-order valence-corrected chi connectivity index (χ0v) is 14.2. The first kappa shape index (κ1) is 15.6. The molecule has 0 unspecified atom stereocenters. The van der Waals surface area contributed by atoms with Crippen molar-refractivity contribution in [1.29, 1.82) is 0 Å². The van der Waals surface area contributed by atoms with Gasteiger partial charge in [0.2, 0.25) is 5.13 Å². The van der Waals surface area contributed by atoms with Gasteiger partial charge in [0.05, 0.1) is 0 Å². The van der Waals surface area contributed by atoms with E-state index in [1.807, 2.05) is 0 Å². The molecule has 3 aromatic rings. The third kappa shape index (κ3) is 3.63. The van der Waals surface area contributed by atoms with Gasteiger partial charge in [0.25, 0.3) is 5.91 Å². The van der Waals surface area contributed by atoms with E-state index >= 15 is 0 Å². The van der Waals surface area contributed by atoms with Crippen LogP contribution < -0.4 is 10.1 Å². The number of carbonyl (C=O) groups is 1. The van der Waals surface area contributed by atoms with E-state index < -0.39 is 0 Å². The van der Waals surface area contributed by atoms with Gasteiger partial charge in [0, 0.05) is 18.5 Å². The molecular weight excluding hydrogens is 342 g/mol. The number of amides is 1. The zero-order valence-electron chi connectivity index (χ0n) is 13.4. The van der Waals surface area contributed by atoms with Crippen LogP contribution in [0.1, 0.15) is 39.9 Å². The summed E-state index contributed by atoms with van der Waals surface area (Å²) in [5, 5.41) is 23.6. The monoisotopic (exact) mass is 357 g/mol. The molecule has 0 bridgehead atoms. The van der Waals surface area contributed by atoms with Crippen LogP contribution in [0.25, 0.3) is 0 Å². The number of benzene rings is 1. The third-order valence-electron chi connectivity index (χ3n) is 3.78. The van der Waals surface area contributed by atoms with E-state index in [0.29, 0.717) is 28.2 Å². The molecule has 4 rings (SSSR count). The standard InChI is InChI=1S/C15H15N7O2S/c1-22-12(17-20-21-22)8-24-11-6-4-9(5-7-11)13(23)16-15-19-18-14(25-15)10-2-3-10/h4-7,10H,2-3,8H2,1H3,(H,16,19,23). The van der Waals surface area contributed by atoms with Crippen LogP contribution in [0.5, 0.6) is 5.75 Å². The van der Waals surface area contributed by atoms with Crippen LogP contribution in [-0.4, -0.2) is 36.3 Å². The Labute approximate surface area is 147 Å². The summed E-state index contributed by atoms with van der Waals surface area (Å²) in [7, 11) is 1.74. The maximum atomic E-state index is 12.3. The molecule has 0 spiro atoms. The predicted molar refractivity (Wildman–Crippen MR) is 89.4 cm³/mol. The van der Waals surface area contributed by atoms with Gasteiger partial charge >= 0.3 is 0 Å². The molecule has 1 aliphatic rings. The molecule has 10 heteroatoms. The van der Waals surface area contributed by atoms with Crippen molar-refractivity contribution in [2.24, 2.45) is 7.05 Å². The van der Waals surface area contributed by atoms with Gasteiger partial charge in [-0.25, -0.2) is 4.68 Å². The Morgan fingerprint density at radius 3 is 2.76 bits per heavy atom. The van der Waals surface area contributed by atoms with Crippen molar-refractivity contribution in [2.45, 2.75) is 25.4 Å². The lowest BCUT2D eigenvalue weighted by atomic mass is 10.2. The van der Waals surface area contributed by atoms with E-state index in [-0.39, 0.29) is 12.5 Å². The average molecular weight is 357 g/mol. The molecular formula is C15H15N7O2S. The van der Waals surface area contributed by atoms with E-state index in [1.54, 1.807) is 36.0 Å². The number of nitrogens with zero attached hydrogens (tertiary/aromatic N) is 6. The Balaban J connectivity index is 1.35. The van der Waals surface area contributed by atoms with Crippen LogP contribution in [0.4, 0.5) is 5.13 Å². The first-order valence-corrected chi connectivity index (χ1v) is 8.59. The summed E-state index contributed by atoms with van der Waals surface area (Å²) in [5.41, 5.74) is 0.524. The highest BCUT2D eigenvalue weighted by Gasteiger charge is 2.27.